The molecule has 20 heavy (non-hydrogen) atoms. The first kappa shape index (κ1) is 13.5. The Morgan fingerprint density at radius 2 is 1.90 bits per heavy atom. The van der Waals surface area contributed by atoms with Crippen LogP contribution in [0.15, 0.2) is 48.5 Å². The zero-order valence-corrected chi connectivity index (χ0v) is 12.4. The van der Waals surface area contributed by atoms with E-state index in [1.165, 1.54) is 16.8 Å². The van der Waals surface area contributed by atoms with Gasteiger partial charge in [0.1, 0.15) is 0 Å². The minimum absolute atomic E-state index is 0.554. The summed E-state index contributed by atoms with van der Waals surface area (Å²) in [5, 5.41) is 4.33. The maximum absolute atomic E-state index is 6.23. The van der Waals surface area contributed by atoms with Crippen molar-refractivity contribution in [2.75, 3.05) is 25.5 Å². The normalized spacial score (nSPS) is 17.1. The Morgan fingerprint density at radius 3 is 2.75 bits per heavy atom. The van der Waals surface area contributed by atoms with Crippen molar-refractivity contribution in [2.24, 2.45) is 0 Å². The van der Waals surface area contributed by atoms with Gasteiger partial charge < -0.3 is 10.2 Å². The molecule has 0 fully saturated rings. The summed E-state index contributed by atoms with van der Waals surface area (Å²) in [5.41, 5.74) is 3.90. The monoisotopic (exact) mass is 286 g/mol. The molecule has 0 aliphatic carbocycles. The van der Waals surface area contributed by atoms with Crippen LogP contribution in [0.3, 0.4) is 0 Å². The number of likely N-dealkylation sites (N-methyl/N-ethyl adjacent to an activating group) is 1. The highest BCUT2D eigenvalue weighted by Crippen LogP contribution is 2.31. The Hall–Kier alpha value is -1.51. The number of para-hydroxylation sites is 1. The Labute approximate surface area is 125 Å². The number of rotatable bonds is 4. The smallest absolute Gasteiger partial charge is 0.0451 e. The molecule has 2 aromatic rings. The number of halogens is 1. The van der Waals surface area contributed by atoms with E-state index >= 15 is 0 Å². The highest BCUT2D eigenvalue weighted by Gasteiger charge is 2.22. The van der Waals surface area contributed by atoms with E-state index in [0.29, 0.717) is 5.92 Å². The number of benzene rings is 2. The van der Waals surface area contributed by atoms with E-state index in [4.69, 9.17) is 11.6 Å². The molecular formula is C17H19ClN2. The second-order valence-corrected chi connectivity index (χ2v) is 5.86. The van der Waals surface area contributed by atoms with Crippen LogP contribution in [0.5, 0.6) is 0 Å². The van der Waals surface area contributed by atoms with Gasteiger partial charge in [-0.25, -0.2) is 0 Å². The number of fused-ring (bicyclic) bond motifs is 1. The van der Waals surface area contributed by atoms with Gasteiger partial charge in [0.05, 0.1) is 0 Å². The van der Waals surface area contributed by atoms with Crippen LogP contribution < -0.4 is 5.32 Å². The second-order valence-electron chi connectivity index (χ2n) is 5.45. The summed E-state index contributed by atoms with van der Waals surface area (Å²) in [4.78, 5) is 2.34. The van der Waals surface area contributed by atoms with Crippen molar-refractivity contribution < 1.29 is 0 Å². The van der Waals surface area contributed by atoms with Gasteiger partial charge in [0, 0.05) is 36.3 Å². The van der Waals surface area contributed by atoms with Gasteiger partial charge in [-0.1, -0.05) is 48.0 Å². The lowest BCUT2D eigenvalue weighted by molar-refractivity contribution is 0.309. The molecule has 0 radical (unpaired) electrons. The van der Waals surface area contributed by atoms with Gasteiger partial charge in [-0.05, 0) is 30.3 Å². The van der Waals surface area contributed by atoms with Crippen LogP contribution in [0.4, 0.5) is 5.69 Å². The number of hydrogen-bond acceptors (Lipinski definition) is 2. The molecule has 0 saturated carbocycles. The molecule has 0 spiro atoms. The van der Waals surface area contributed by atoms with E-state index in [9.17, 15) is 0 Å². The molecule has 2 aromatic carbocycles. The second kappa shape index (κ2) is 5.86. The molecule has 1 heterocycles. The quantitative estimate of drug-likeness (QED) is 0.914. The number of nitrogens with one attached hydrogen (secondary N) is 1. The van der Waals surface area contributed by atoms with Crippen LogP contribution in [0, 0.1) is 0 Å². The fourth-order valence-electron chi connectivity index (χ4n) is 2.88. The lowest BCUT2D eigenvalue weighted by atomic mass is 10.0. The van der Waals surface area contributed by atoms with E-state index in [2.05, 4.69) is 47.6 Å². The summed E-state index contributed by atoms with van der Waals surface area (Å²) in [5.74, 6) is 0.554. The van der Waals surface area contributed by atoms with Crippen molar-refractivity contribution in [3.05, 3.63) is 64.7 Å². The van der Waals surface area contributed by atoms with E-state index in [1.54, 1.807) is 0 Å². The molecule has 3 rings (SSSR count). The first-order valence-corrected chi connectivity index (χ1v) is 7.36. The molecule has 1 aliphatic heterocycles. The average molecular weight is 287 g/mol. The van der Waals surface area contributed by atoms with Crippen molar-refractivity contribution in [1.29, 1.82) is 0 Å². The SMILES string of the molecule is CN(Cc1ccccc1Cl)CC1CNc2ccccc21. The topological polar surface area (TPSA) is 15.3 Å². The summed E-state index contributed by atoms with van der Waals surface area (Å²) in [7, 11) is 2.16. The molecule has 1 aliphatic rings. The van der Waals surface area contributed by atoms with Gasteiger partial charge in [-0.2, -0.15) is 0 Å². The van der Waals surface area contributed by atoms with Gasteiger partial charge in [0.25, 0.3) is 0 Å². The number of anilines is 1. The van der Waals surface area contributed by atoms with Gasteiger partial charge >= 0.3 is 0 Å². The highest BCUT2D eigenvalue weighted by molar-refractivity contribution is 6.31. The van der Waals surface area contributed by atoms with Crippen LogP contribution in [0.2, 0.25) is 5.02 Å². The fourth-order valence-corrected chi connectivity index (χ4v) is 3.07. The largest absolute Gasteiger partial charge is 0.384 e. The molecule has 0 amide bonds. The van der Waals surface area contributed by atoms with E-state index in [-0.39, 0.29) is 0 Å². The first-order valence-electron chi connectivity index (χ1n) is 6.99. The molecule has 0 bridgehead atoms. The summed E-state index contributed by atoms with van der Waals surface area (Å²) < 4.78 is 0. The Morgan fingerprint density at radius 1 is 1.15 bits per heavy atom. The Kier molecular flexibility index (Phi) is 3.95. The minimum atomic E-state index is 0.554. The third-order valence-corrected chi connectivity index (χ3v) is 4.24. The molecule has 0 saturated heterocycles. The Balaban J connectivity index is 1.66. The predicted molar refractivity (Wildman–Crippen MR) is 85.5 cm³/mol. The van der Waals surface area contributed by atoms with Crippen LogP contribution >= 0.6 is 11.6 Å². The molecule has 1 atom stereocenters. The van der Waals surface area contributed by atoms with Crippen LogP contribution in [0.25, 0.3) is 0 Å². The Bertz CT molecular complexity index is 597. The zero-order chi connectivity index (χ0) is 13.9. The maximum Gasteiger partial charge on any atom is 0.0451 e. The third-order valence-electron chi connectivity index (χ3n) is 3.87. The molecule has 2 nitrogen and oxygen atoms in total. The van der Waals surface area contributed by atoms with Crippen molar-refractivity contribution in [3.8, 4) is 0 Å². The molecule has 1 unspecified atom stereocenters. The fraction of sp³-hybridized carbons (Fsp3) is 0.294. The van der Waals surface area contributed by atoms with Gasteiger partial charge in [-0.3, -0.25) is 0 Å². The zero-order valence-electron chi connectivity index (χ0n) is 11.6. The summed E-state index contributed by atoms with van der Waals surface area (Å²) >= 11 is 6.23. The molecule has 104 valence electrons. The maximum atomic E-state index is 6.23. The van der Waals surface area contributed by atoms with Crippen LogP contribution in [-0.2, 0) is 6.54 Å². The van der Waals surface area contributed by atoms with Crippen molar-refractivity contribution in [2.45, 2.75) is 12.5 Å². The average Bonchev–Trinajstić information content (AvgIpc) is 2.85. The molecule has 0 aromatic heterocycles. The summed E-state index contributed by atoms with van der Waals surface area (Å²) in [6, 6.07) is 16.7. The van der Waals surface area contributed by atoms with Crippen LogP contribution in [-0.4, -0.2) is 25.0 Å². The lowest BCUT2D eigenvalue weighted by Crippen LogP contribution is -2.25. The number of nitrogens with zero attached hydrogens (tertiary/aromatic N) is 1. The van der Waals surface area contributed by atoms with Crippen molar-refractivity contribution >= 4 is 17.3 Å². The van der Waals surface area contributed by atoms with E-state index in [0.717, 1.165) is 24.7 Å². The van der Waals surface area contributed by atoms with Crippen molar-refractivity contribution in [1.82, 2.24) is 4.90 Å². The summed E-state index contributed by atoms with van der Waals surface area (Å²) in [6.45, 7) is 2.94. The van der Waals surface area contributed by atoms with E-state index < -0.39 is 0 Å². The van der Waals surface area contributed by atoms with Gasteiger partial charge in [0.2, 0.25) is 0 Å². The van der Waals surface area contributed by atoms with E-state index in [1.807, 2.05) is 18.2 Å². The minimum Gasteiger partial charge on any atom is -0.384 e. The first-order chi connectivity index (χ1) is 9.74. The molecular weight excluding hydrogens is 268 g/mol. The molecule has 1 N–H and O–H groups in total. The van der Waals surface area contributed by atoms with Crippen LogP contribution in [0.1, 0.15) is 17.0 Å². The third kappa shape index (κ3) is 2.82. The van der Waals surface area contributed by atoms with Gasteiger partial charge in [0.15, 0.2) is 0 Å². The lowest BCUT2D eigenvalue weighted by Gasteiger charge is -2.21. The number of hydrogen-bond donors (Lipinski definition) is 1. The molecule has 3 heteroatoms. The van der Waals surface area contributed by atoms with Gasteiger partial charge in [-0.15, -0.1) is 0 Å². The van der Waals surface area contributed by atoms with Crippen molar-refractivity contribution in [3.63, 3.8) is 0 Å². The highest BCUT2D eigenvalue weighted by atomic mass is 35.5. The summed E-state index contributed by atoms with van der Waals surface area (Å²) in [6.07, 6.45) is 0. The standard InChI is InChI=1S/C17H19ClN2/c1-20(11-13-6-2-4-8-16(13)18)12-14-10-19-17-9-5-3-7-15(14)17/h2-9,14,19H,10-12H2,1H3. The predicted octanol–water partition coefficient (Wildman–Crippen LogP) is 3.98.